The van der Waals surface area contributed by atoms with Crippen molar-refractivity contribution in [2.75, 3.05) is 18.1 Å². The van der Waals surface area contributed by atoms with Gasteiger partial charge in [0.15, 0.2) is 0 Å². The summed E-state index contributed by atoms with van der Waals surface area (Å²) in [7, 11) is 0. The maximum absolute atomic E-state index is 9.54. The molecule has 0 saturated carbocycles. The van der Waals surface area contributed by atoms with Crippen molar-refractivity contribution < 1.29 is 9.84 Å². The van der Waals surface area contributed by atoms with E-state index in [9.17, 15) is 5.11 Å². The summed E-state index contributed by atoms with van der Waals surface area (Å²) < 4.78 is 5.32. The van der Waals surface area contributed by atoms with Crippen LogP contribution in [0.3, 0.4) is 0 Å². The summed E-state index contributed by atoms with van der Waals surface area (Å²) in [6.45, 7) is 8.87. The molecule has 0 radical (unpaired) electrons. The third kappa shape index (κ3) is 8.85. The van der Waals surface area contributed by atoms with Gasteiger partial charge in [-0.2, -0.15) is 11.8 Å². The van der Waals surface area contributed by atoms with Crippen molar-refractivity contribution in [2.24, 2.45) is 5.92 Å². The summed E-state index contributed by atoms with van der Waals surface area (Å²) in [6.07, 6.45) is 1.11. The molecule has 0 spiro atoms. The van der Waals surface area contributed by atoms with E-state index in [0.29, 0.717) is 6.61 Å². The molecule has 0 heterocycles. The second-order valence-corrected chi connectivity index (χ2v) is 5.16. The Bertz CT molecular complexity index is 128. The highest BCUT2D eigenvalue weighted by molar-refractivity contribution is 7.99. The molecule has 0 fully saturated rings. The van der Waals surface area contributed by atoms with Crippen molar-refractivity contribution in [3.63, 3.8) is 0 Å². The minimum Gasteiger partial charge on any atom is -0.390 e. The number of thioether (sulfide) groups is 1. The molecule has 1 N–H and O–H groups in total. The van der Waals surface area contributed by atoms with E-state index in [-0.39, 0.29) is 12.2 Å². The molecule has 86 valence electrons. The molecule has 0 aliphatic carbocycles. The van der Waals surface area contributed by atoms with E-state index in [0.717, 1.165) is 17.4 Å². The Morgan fingerprint density at radius 1 is 1.21 bits per heavy atom. The lowest BCUT2D eigenvalue weighted by Crippen LogP contribution is -2.21. The van der Waals surface area contributed by atoms with Crippen molar-refractivity contribution >= 4 is 11.8 Å². The van der Waals surface area contributed by atoms with Gasteiger partial charge in [0, 0.05) is 5.75 Å². The summed E-state index contributed by atoms with van der Waals surface area (Å²) in [4.78, 5) is 0. The number of aliphatic hydroxyl groups is 1. The Balaban J connectivity index is 3.30. The first-order valence-corrected chi connectivity index (χ1v) is 6.59. The van der Waals surface area contributed by atoms with Crippen LogP contribution in [-0.4, -0.2) is 35.4 Å². The zero-order chi connectivity index (χ0) is 11.0. The molecule has 0 aliphatic heterocycles. The van der Waals surface area contributed by atoms with E-state index in [1.54, 1.807) is 0 Å². The topological polar surface area (TPSA) is 29.5 Å². The fraction of sp³-hybridized carbons (Fsp3) is 1.00. The Kier molecular flexibility index (Phi) is 8.73. The molecule has 0 saturated heterocycles. The molecule has 0 bridgehead atoms. The maximum atomic E-state index is 9.54. The van der Waals surface area contributed by atoms with Gasteiger partial charge in [0.05, 0.1) is 18.8 Å². The average Bonchev–Trinajstić information content (AvgIpc) is 2.14. The van der Waals surface area contributed by atoms with Crippen LogP contribution in [0.2, 0.25) is 0 Å². The van der Waals surface area contributed by atoms with Gasteiger partial charge in [0.25, 0.3) is 0 Å². The van der Waals surface area contributed by atoms with Gasteiger partial charge in [-0.3, -0.25) is 0 Å². The summed E-state index contributed by atoms with van der Waals surface area (Å²) in [6, 6.07) is 0. The van der Waals surface area contributed by atoms with Crippen LogP contribution in [0.4, 0.5) is 0 Å². The van der Waals surface area contributed by atoms with Gasteiger partial charge in [-0.25, -0.2) is 0 Å². The predicted molar refractivity (Wildman–Crippen MR) is 63.9 cm³/mol. The number of rotatable bonds is 8. The SMILES string of the molecule is CCC(C)CSCC(O)COC(C)C. The zero-order valence-electron chi connectivity index (χ0n) is 9.82. The van der Waals surface area contributed by atoms with Crippen LogP contribution in [0.25, 0.3) is 0 Å². The first kappa shape index (κ1) is 14.3. The third-order valence-electron chi connectivity index (χ3n) is 2.03. The number of aliphatic hydroxyl groups excluding tert-OH is 1. The van der Waals surface area contributed by atoms with E-state index in [2.05, 4.69) is 13.8 Å². The molecule has 14 heavy (non-hydrogen) atoms. The highest BCUT2D eigenvalue weighted by Crippen LogP contribution is 2.12. The minimum absolute atomic E-state index is 0.212. The normalized spacial score (nSPS) is 15.9. The largest absolute Gasteiger partial charge is 0.390 e. The molecule has 3 heteroatoms. The van der Waals surface area contributed by atoms with Gasteiger partial charge < -0.3 is 9.84 Å². The van der Waals surface area contributed by atoms with E-state index < -0.39 is 0 Å². The lowest BCUT2D eigenvalue weighted by molar-refractivity contribution is 0.0152. The van der Waals surface area contributed by atoms with Gasteiger partial charge in [-0.05, 0) is 25.5 Å². The van der Waals surface area contributed by atoms with Crippen LogP contribution < -0.4 is 0 Å². The summed E-state index contributed by atoms with van der Waals surface area (Å²) in [5.41, 5.74) is 0. The van der Waals surface area contributed by atoms with Gasteiger partial charge in [-0.15, -0.1) is 0 Å². The zero-order valence-corrected chi connectivity index (χ0v) is 10.6. The van der Waals surface area contributed by atoms with Crippen LogP contribution in [-0.2, 0) is 4.74 Å². The molecule has 2 atom stereocenters. The Morgan fingerprint density at radius 2 is 1.86 bits per heavy atom. The standard InChI is InChI=1S/C11H24O2S/c1-5-10(4)7-14-8-11(12)6-13-9(2)3/h9-12H,5-8H2,1-4H3. The van der Waals surface area contributed by atoms with E-state index in [4.69, 9.17) is 4.74 Å². The number of ether oxygens (including phenoxy) is 1. The molecule has 0 rings (SSSR count). The minimum atomic E-state index is -0.313. The molecule has 0 aromatic rings. The second kappa shape index (κ2) is 8.57. The van der Waals surface area contributed by atoms with Crippen molar-refractivity contribution in [3.05, 3.63) is 0 Å². The maximum Gasteiger partial charge on any atom is 0.0863 e. The molecule has 0 amide bonds. The molecular formula is C11H24O2S. The second-order valence-electron chi connectivity index (χ2n) is 4.09. The van der Waals surface area contributed by atoms with Crippen LogP contribution in [0.5, 0.6) is 0 Å². The van der Waals surface area contributed by atoms with Crippen LogP contribution in [0.15, 0.2) is 0 Å². The third-order valence-corrected chi connectivity index (χ3v) is 3.46. The monoisotopic (exact) mass is 220 g/mol. The van der Waals surface area contributed by atoms with Crippen LogP contribution in [0.1, 0.15) is 34.1 Å². The first-order chi connectivity index (χ1) is 6.56. The fourth-order valence-corrected chi connectivity index (χ4v) is 2.02. The quantitative estimate of drug-likeness (QED) is 0.681. The lowest BCUT2D eigenvalue weighted by Gasteiger charge is -2.14. The molecule has 2 unspecified atom stereocenters. The Hall–Kier alpha value is 0.270. The molecule has 2 nitrogen and oxygen atoms in total. The van der Waals surface area contributed by atoms with Gasteiger partial charge in [0.2, 0.25) is 0 Å². The predicted octanol–water partition coefficient (Wildman–Crippen LogP) is 2.55. The van der Waals surface area contributed by atoms with E-state index >= 15 is 0 Å². The first-order valence-electron chi connectivity index (χ1n) is 5.43. The highest BCUT2D eigenvalue weighted by Gasteiger charge is 2.07. The number of hydrogen-bond donors (Lipinski definition) is 1. The smallest absolute Gasteiger partial charge is 0.0863 e. The summed E-state index contributed by atoms with van der Waals surface area (Å²) in [5, 5.41) is 9.54. The van der Waals surface area contributed by atoms with E-state index in [1.807, 2.05) is 25.6 Å². The molecule has 0 aromatic carbocycles. The van der Waals surface area contributed by atoms with Gasteiger partial charge in [-0.1, -0.05) is 20.3 Å². The van der Waals surface area contributed by atoms with Crippen molar-refractivity contribution in [2.45, 2.75) is 46.3 Å². The van der Waals surface area contributed by atoms with Crippen LogP contribution in [0, 0.1) is 5.92 Å². The van der Waals surface area contributed by atoms with Crippen LogP contribution >= 0.6 is 11.8 Å². The lowest BCUT2D eigenvalue weighted by atomic mass is 10.2. The Morgan fingerprint density at radius 3 is 2.36 bits per heavy atom. The molecular weight excluding hydrogens is 196 g/mol. The van der Waals surface area contributed by atoms with Crippen molar-refractivity contribution in [3.8, 4) is 0 Å². The van der Waals surface area contributed by atoms with Gasteiger partial charge in [0.1, 0.15) is 0 Å². The van der Waals surface area contributed by atoms with Crippen molar-refractivity contribution in [1.29, 1.82) is 0 Å². The van der Waals surface area contributed by atoms with Crippen molar-refractivity contribution in [1.82, 2.24) is 0 Å². The Labute approximate surface area is 92.4 Å². The number of hydrogen-bond acceptors (Lipinski definition) is 3. The summed E-state index contributed by atoms with van der Waals surface area (Å²) >= 11 is 1.82. The molecule has 0 aromatic heterocycles. The molecule has 0 aliphatic rings. The summed E-state index contributed by atoms with van der Waals surface area (Å²) in [5.74, 6) is 2.67. The van der Waals surface area contributed by atoms with E-state index in [1.165, 1.54) is 6.42 Å². The fourth-order valence-electron chi connectivity index (χ4n) is 0.875. The van der Waals surface area contributed by atoms with Gasteiger partial charge >= 0.3 is 0 Å². The highest BCUT2D eigenvalue weighted by atomic mass is 32.2. The average molecular weight is 220 g/mol.